The van der Waals surface area contributed by atoms with Gasteiger partial charge in [0.15, 0.2) is 0 Å². The van der Waals surface area contributed by atoms with Gasteiger partial charge in [-0.2, -0.15) is 0 Å². The Kier molecular flexibility index (Phi) is 5.31. The highest BCUT2D eigenvalue weighted by atomic mass is 35.5. The zero-order valence-electron chi connectivity index (χ0n) is 7.77. The number of hydrogen-bond donors (Lipinski definition) is 1. The van der Waals surface area contributed by atoms with Crippen LogP contribution in [-0.4, -0.2) is 16.0 Å². The molecule has 0 rings (SSSR count). The molecule has 0 aliphatic carbocycles. The second kappa shape index (κ2) is 5.41. The van der Waals surface area contributed by atoms with Crippen molar-refractivity contribution >= 4 is 17.6 Å². The minimum atomic E-state index is -1.02. The van der Waals surface area contributed by atoms with E-state index in [1.54, 1.807) is 0 Å². The normalized spacial score (nSPS) is 15.6. The predicted octanol–water partition coefficient (Wildman–Crippen LogP) is 3.04. The van der Waals surface area contributed by atoms with Crippen LogP contribution < -0.4 is 0 Å². The number of carboxylic acid groups (broad SMARTS) is 1. The molecule has 1 atom stereocenters. The number of carbonyl (C=O) groups is 1. The van der Waals surface area contributed by atoms with Gasteiger partial charge in [0.2, 0.25) is 0 Å². The van der Waals surface area contributed by atoms with Crippen LogP contribution in [-0.2, 0) is 4.79 Å². The molecule has 0 saturated heterocycles. The van der Waals surface area contributed by atoms with E-state index in [-0.39, 0.29) is 0 Å². The molecular weight excluding hydrogens is 176 g/mol. The molecule has 3 heteroatoms. The number of alkyl halides is 1. The summed E-state index contributed by atoms with van der Waals surface area (Å²) in [6.45, 7) is 3.90. The predicted molar refractivity (Wildman–Crippen MR) is 50.7 cm³/mol. The third kappa shape index (κ3) is 3.44. The summed E-state index contributed by atoms with van der Waals surface area (Å²) in [5, 5.41) is 8.80. The Morgan fingerprint density at radius 3 is 2.33 bits per heavy atom. The van der Waals surface area contributed by atoms with Gasteiger partial charge in [-0.1, -0.05) is 33.1 Å². The van der Waals surface area contributed by atoms with E-state index in [1.807, 2.05) is 6.92 Å². The summed E-state index contributed by atoms with van der Waals surface area (Å²) < 4.78 is 0. The second-order valence-corrected chi connectivity index (χ2v) is 3.80. The van der Waals surface area contributed by atoms with Crippen molar-refractivity contribution in [2.75, 3.05) is 0 Å². The molecule has 0 heterocycles. The third-order valence-corrected chi connectivity index (χ3v) is 2.74. The van der Waals surface area contributed by atoms with Gasteiger partial charge in [0.25, 0.3) is 0 Å². The summed E-state index contributed by atoms with van der Waals surface area (Å²) >= 11 is 5.89. The van der Waals surface area contributed by atoms with Gasteiger partial charge in [0.05, 0.1) is 0 Å². The molecule has 0 aromatic rings. The summed E-state index contributed by atoms with van der Waals surface area (Å²) in [7, 11) is 0. The van der Waals surface area contributed by atoms with Gasteiger partial charge in [-0.25, -0.2) is 0 Å². The van der Waals surface area contributed by atoms with Crippen LogP contribution in [0.4, 0.5) is 0 Å². The fraction of sp³-hybridized carbons (Fsp3) is 0.889. The Balaban J connectivity index is 3.88. The van der Waals surface area contributed by atoms with E-state index in [4.69, 9.17) is 16.7 Å². The maximum absolute atomic E-state index is 10.7. The van der Waals surface area contributed by atoms with Crippen LogP contribution in [0, 0.1) is 0 Å². The molecule has 0 aromatic heterocycles. The molecule has 0 bridgehead atoms. The first-order valence-corrected chi connectivity index (χ1v) is 4.87. The lowest BCUT2D eigenvalue weighted by molar-refractivity contribution is -0.140. The van der Waals surface area contributed by atoms with Crippen LogP contribution in [0.5, 0.6) is 0 Å². The van der Waals surface area contributed by atoms with Gasteiger partial charge >= 0.3 is 5.97 Å². The molecule has 72 valence electrons. The van der Waals surface area contributed by atoms with Crippen molar-refractivity contribution in [3.05, 3.63) is 0 Å². The number of aliphatic carboxylic acids is 1. The van der Waals surface area contributed by atoms with Crippen molar-refractivity contribution in [3.63, 3.8) is 0 Å². The van der Waals surface area contributed by atoms with Crippen LogP contribution in [0.2, 0.25) is 0 Å². The number of hydrogen-bond acceptors (Lipinski definition) is 1. The smallest absolute Gasteiger partial charge is 0.324 e. The molecule has 0 radical (unpaired) electrons. The van der Waals surface area contributed by atoms with Gasteiger partial charge in [-0.3, -0.25) is 4.79 Å². The first-order valence-electron chi connectivity index (χ1n) is 4.49. The van der Waals surface area contributed by atoms with Gasteiger partial charge in [0.1, 0.15) is 4.87 Å². The van der Waals surface area contributed by atoms with Crippen LogP contribution in [0.15, 0.2) is 0 Å². The topological polar surface area (TPSA) is 37.3 Å². The van der Waals surface area contributed by atoms with Crippen molar-refractivity contribution in [2.24, 2.45) is 0 Å². The van der Waals surface area contributed by atoms with Crippen LogP contribution in [0.25, 0.3) is 0 Å². The third-order valence-electron chi connectivity index (χ3n) is 2.12. The van der Waals surface area contributed by atoms with Gasteiger partial charge in [-0.15, -0.1) is 11.6 Å². The second-order valence-electron chi connectivity index (χ2n) is 3.08. The zero-order chi connectivity index (χ0) is 9.61. The molecule has 0 spiro atoms. The number of unbranched alkanes of at least 4 members (excludes halogenated alkanes) is 2. The Labute approximate surface area is 78.9 Å². The molecule has 1 N–H and O–H groups in total. The lowest BCUT2D eigenvalue weighted by atomic mass is 9.98. The fourth-order valence-electron chi connectivity index (χ4n) is 1.09. The van der Waals surface area contributed by atoms with E-state index in [2.05, 4.69) is 6.92 Å². The number of halogens is 1. The molecule has 0 fully saturated rings. The standard InChI is InChI=1S/C9H17ClO2/c1-3-5-6-7-9(10,4-2)8(11)12/h3-7H2,1-2H3,(H,11,12). The first kappa shape index (κ1) is 11.8. The SMILES string of the molecule is CCCCCC(Cl)(CC)C(=O)O. The van der Waals surface area contributed by atoms with Crippen molar-refractivity contribution in [1.29, 1.82) is 0 Å². The molecular formula is C9H17ClO2. The molecule has 0 aliphatic heterocycles. The average Bonchev–Trinajstić information content (AvgIpc) is 2.04. The lowest BCUT2D eigenvalue weighted by Crippen LogP contribution is -2.31. The molecule has 12 heavy (non-hydrogen) atoms. The van der Waals surface area contributed by atoms with Crippen LogP contribution in [0.3, 0.4) is 0 Å². The minimum Gasteiger partial charge on any atom is -0.480 e. The first-order chi connectivity index (χ1) is 5.56. The Morgan fingerprint density at radius 2 is 2.00 bits per heavy atom. The Hall–Kier alpha value is -0.240. The zero-order valence-corrected chi connectivity index (χ0v) is 8.52. The number of rotatable bonds is 6. The molecule has 1 unspecified atom stereocenters. The van der Waals surface area contributed by atoms with Crippen molar-refractivity contribution < 1.29 is 9.90 Å². The average molecular weight is 193 g/mol. The van der Waals surface area contributed by atoms with Gasteiger partial charge in [-0.05, 0) is 12.8 Å². The van der Waals surface area contributed by atoms with Crippen molar-refractivity contribution in [3.8, 4) is 0 Å². The fourth-order valence-corrected chi connectivity index (χ4v) is 1.22. The van der Waals surface area contributed by atoms with Crippen molar-refractivity contribution in [2.45, 2.75) is 50.8 Å². The molecule has 0 saturated carbocycles. The monoisotopic (exact) mass is 192 g/mol. The highest BCUT2D eigenvalue weighted by Crippen LogP contribution is 2.26. The van der Waals surface area contributed by atoms with Gasteiger partial charge < -0.3 is 5.11 Å². The molecule has 0 amide bonds. The highest BCUT2D eigenvalue weighted by molar-refractivity contribution is 6.33. The summed E-state index contributed by atoms with van der Waals surface area (Å²) in [6, 6.07) is 0. The number of carboxylic acids is 1. The largest absolute Gasteiger partial charge is 0.480 e. The maximum atomic E-state index is 10.7. The van der Waals surface area contributed by atoms with E-state index in [0.717, 1.165) is 19.3 Å². The summed E-state index contributed by atoms with van der Waals surface area (Å²) in [4.78, 5) is 9.70. The highest BCUT2D eigenvalue weighted by Gasteiger charge is 2.32. The van der Waals surface area contributed by atoms with Gasteiger partial charge in [0, 0.05) is 0 Å². The van der Waals surface area contributed by atoms with E-state index in [0.29, 0.717) is 12.8 Å². The Morgan fingerprint density at radius 1 is 1.42 bits per heavy atom. The van der Waals surface area contributed by atoms with E-state index < -0.39 is 10.8 Å². The van der Waals surface area contributed by atoms with Crippen LogP contribution in [0.1, 0.15) is 46.0 Å². The quantitative estimate of drug-likeness (QED) is 0.519. The van der Waals surface area contributed by atoms with Crippen molar-refractivity contribution in [1.82, 2.24) is 0 Å². The lowest BCUT2D eigenvalue weighted by Gasteiger charge is -2.19. The Bertz CT molecular complexity index is 147. The molecule has 0 aromatic carbocycles. The van der Waals surface area contributed by atoms with E-state index >= 15 is 0 Å². The summed E-state index contributed by atoms with van der Waals surface area (Å²) in [6.07, 6.45) is 4.13. The summed E-state index contributed by atoms with van der Waals surface area (Å²) in [5.74, 6) is -0.886. The minimum absolute atomic E-state index is 0.494. The summed E-state index contributed by atoms with van der Waals surface area (Å²) in [5.41, 5.74) is 0. The van der Waals surface area contributed by atoms with E-state index in [1.165, 1.54) is 0 Å². The molecule has 0 aliphatic rings. The van der Waals surface area contributed by atoms with Crippen LogP contribution >= 0.6 is 11.6 Å². The molecule has 2 nitrogen and oxygen atoms in total. The van der Waals surface area contributed by atoms with E-state index in [9.17, 15) is 4.79 Å². The maximum Gasteiger partial charge on any atom is 0.324 e.